The van der Waals surface area contributed by atoms with Gasteiger partial charge < -0.3 is 18.9 Å². The van der Waals surface area contributed by atoms with Gasteiger partial charge in [0.05, 0.1) is 30.1 Å². The maximum Gasteiger partial charge on any atom is 0.241 e. The van der Waals surface area contributed by atoms with Crippen LogP contribution < -0.4 is 14.4 Å². The molecule has 0 aliphatic carbocycles. The highest BCUT2D eigenvalue weighted by atomic mass is 16.5. The first-order valence-corrected chi connectivity index (χ1v) is 14.3. The Morgan fingerprint density at radius 2 is 1.86 bits per heavy atom. The maximum atomic E-state index is 13.3. The summed E-state index contributed by atoms with van der Waals surface area (Å²) in [6, 6.07) is 21.1. The molecule has 4 aromatic rings. The monoisotopic (exact) mass is 564 g/mol. The largest absolute Gasteiger partial charge is 0.491 e. The second-order valence-corrected chi connectivity index (χ2v) is 10.5. The maximum absolute atomic E-state index is 13.3. The number of ether oxygens (including phenoxy) is 2. The topological polar surface area (TPSA) is 96.5 Å². The van der Waals surface area contributed by atoms with Crippen molar-refractivity contribution in [2.45, 2.75) is 46.7 Å². The Kier molecular flexibility index (Phi) is 9.15. The Bertz CT molecular complexity index is 1590. The van der Waals surface area contributed by atoms with Gasteiger partial charge in [0.1, 0.15) is 23.4 Å². The zero-order valence-corrected chi connectivity index (χ0v) is 24.4. The third kappa shape index (κ3) is 6.78. The van der Waals surface area contributed by atoms with Gasteiger partial charge in [-0.15, -0.1) is 0 Å². The summed E-state index contributed by atoms with van der Waals surface area (Å²) >= 11 is 0. The van der Waals surface area contributed by atoms with Crippen LogP contribution in [0.15, 0.2) is 66.9 Å². The molecular formula is C33H36N6O3. The molecule has 1 fully saturated rings. The molecule has 1 aliphatic heterocycles. The number of carbonyl (C=O) groups is 1. The molecule has 0 atom stereocenters. The molecule has 1 aliphatic rings. The number of piperazine rings is 1. The van der Waals surface area contributed by atoms with Crippen molar-refractivity contribution >= 4 is 11.6 Å². The normalized spacial score (nSPS) is 13.7. The molecular weight excluding hydrogens is 528 g/mol. The number of nitrogens with zero attached hydrogens (tertiary/aromatic N) is 6. The van der Waals surface area contributed by atoms with Gasteiger partial charge in [-0.25, -0.2) is 9.97 Å². The fourth-order valence-electron chi connectivity index (χ4n) is 5.04. The fraction of sp³-hybridized carbons (Fsp3) is 0.333. The predicted molar refractivity (Wildman–Crippen MR) is 161 cm³/mol. The van der Waals surface area contributed by atoms with Gasteiger partial charge in [-0.1, -0.05) is 37.6 Å². The zero-order valence-electron chi connectivity index (χ0n) is 24.4. The molecule has 9 heteroatoms. The van der Waals surface area contributed by atoms with E-state index in [9.17, 15) is 10.1 Å². The van der Waals surface area contributed by atoms with Gasteiger partial charge in [-0.2, -0.15) is 5.26 Å². The SMILES string of the molecule is CCCCOc1ccccc1N1CCN(Cc2cnc(C)n2Cc2ccc(C#N)c(Oc3cccc(C)n3)c2)CC1=O. The van der Waals surface area contributed by atoms with Crippen LogP contribution in [-0.4, -0.2) is 51.6 Å². The Hall–Kier alpha value is -4.68. The summed E-state index contributed by atoms with van der Waals surface area (Å²) in [7, 11) is 0. The van der Waals surface area contributed by atoms with Crippen molar-refractivity contribution in [2.75, 3.05) is 31.1 Å². The van der Waals surface area contributed by atoms with E-state index in [4.69, 9.17) is 9.47 Å². The first kappa shape index (κ1) is 28.8. The lowest BCUT2D eigenvalue weighted by Gasteiger charge is -2.35. The predicted octanol–water partition coefficient (Wildman–Crippen LogP) is 5.63. The number of amides is 1. The van der Waals surface area contributed by atoms with Crippen LogP contribution in [0.4, 0.5) is 5.69 Å². The van der Waals surface area contributed by atoms with Crippen molar-refractivity contribution in [3.8, 4) is 23.4 Å². The van der Waals surface area contributed by atoms with Crippen LogP contribution in [0.2, 0.25) is 0 Å². The van der Waals surface area contributed by atoms with E-state index < -0.39 is 0 Å². The van der Waals surface area contributed by atoms with Crippen LogP contribution in [0.5, 0.6) is 17.4 Å². The summed E-state index contributed by atoms with van der Waals surface area (Å²) < 4.78 is 14.1. The molecule has 3 heterocycles. The standard InChI is InChI=1S/C33H36N6O3/c1-4-5-17-41-30-11-7-6-10-29(30)38-16-15-37(23-33(38)40)22-28-20-35-25(3)39(28)21-26-13-14-27(19-34)31(18-26)42-32-12-8-9-24(2)36-32/h6-14,18,20H,4-5,15-17,21-23H2,1-3H3. The smallest absolute Gasteiger partial charge is 0.241 e. The Labute approximate surface area is 247 Å². The first-order chi connectivity index (χ1) is 20.4. The van der Waals surface area contributed by atoms with Crippen LogP contribution >= 0.6 is 0 Å². The van der Waals surface area contributed by atoms with Gasteiger partial charge in [-0.05, 0) is 56.2 Å². The van der Waals surface area contributed by atoms with Crippen LogP contribution in [-0.2, 0) is 17.9 Å². The molecule has 2 aromatic heterocycles. The molecule has 42 heavy (non-hydrogen) atoms. The minimum Gasteiger partial charge on any atom is -0.491 e. The lowest BCUT2D eigenvalue weighted by molar-refractivity contribution is -0.121. The lowest BCUT2D eigenvalue weighted by atomic mass is 10.1. The molecule has 2 aromatic carbocycles. The molecule has 0 saturated carbocycles. The minimum absolute atomic E-state index is 0.0502. The van der Waals surface area contributed by atoms with Crippen molar-refractivity contribution in [2.24, 2.45) is 0 Å². The Morgan fingerprint density at radius 3 is 2.64 bits per heavy atom. The third-order valence-electron chi connectivity index (χ3n) is 7.32. The molecule has 0 N–H and O–H groups in total. The lowest BCUT2D eigenvalue weighted by Crippen LogP contribution is -2.50. The molecule has 1 amide bonds. The zero-order chi connectivity index (χ0) is 29.5. The van der Waals surface area contributed by atoms with E-state index in [2.05, 4.69) is 32.4 Å². The summed E-state index contributed by atoms with van der Waals surface area (Å²) in [4.78, 5) is 26.3. The number of carbonyl (C=O) groups excluding carboxylic acids is 1. The molecule has 0 radical (unpaired) electrons. The van der Waals surface area contributed by atoms with Crippen LogP contribution in [0.3, 0.4) is 0 Å². The number of unbranched alkanes of at least 4 members (excludes halogenated alkanes) is 1. The van der Waals surface area contributed by atoms with E-state index in [0.29, 0.717) is 50.0 Å². The number of hydrogen-bond donors (Lipinski definition) is 0. The van der Waals surface area contributed by atoms with Gasteiger partial charge >= 0.3 is 0 Å². The number of nitriles is 1. The highest BCUT2D eigenvalue weighted by Gasteiger charge is 2.28. The minimum atomic E-state index is 0.0502. The van der Waals surface area contributed by atoms with E-state index >= 15 is 0 Å². The number of benzene rings is 2. The summed E-state index contributed by atoms with van der Waals surface area (Å²) in [5.41, 5.74) is 4.10. The van der Waals surface area contributed by atoms with Crippen LogP contribution in [0.1, 0.15) is 48.1 Å². The highest BCUT2D eigenvalue weighted by Crippen LogP contribution is 2.30. The average Bonchev–Trinajstić information content (AvgIpc) is 3.32. The number of rotatable bonds is 11. The number of imidazole rings is 1. The van der Waals surface area contributed by atoms with Gasteiger partial charge in [-0.3, -0.25) is 9.69 Å². The second kappa shape index (κ2) is 13.3. The van der Waals surface area contributed by atoms with Crippen molar-refractivity contribution in [1.82, 2.24) is 19.4 Å². The van der Waals surface area contributed by atoms with E-state index in [0.717, 1.165) is 53.6 Å². The van der Waals surface area contributed by atoms with Crippen molar-refractivity contribution < 1.29 is 14.3 Å². The number of anilines is 1. The third-order valence-corrected chi connectivity index (χ3v) is 7.32. The fourth-order valence-corrected chi connectivity index (χ4v) is 5.04. The number of hydrogen-bond acceptors (Lipinski definition) is 7. The van der Waals surface area contributed by atoms with E-state index in [-0.39, 0.29) is 5.91 Å². The molecule has 0 bridgehead atoms. The van der Waals surface area contributed by atoms with E-state index in [1.54, 1.807) is 12.1 Å². The number of aryl methyl sites for hydroxylation is 2. The van der Waals surface area contributed by atoms with Crippen LogP contribution in [0.25, 0.3) is 0 Å². The second-order valence-electron chi connectivity index (χ2n) is 10.5. The summed E-state index contributed by atoms with van der Waals surface area (Å²) in [5, 5.41) is 9.64. The summed E-state index contributed by atoms with van der Waals surface area (Å²) in [6.07, 6.45) is 3.91. The molecule has 216 valence electrons. The van der Waals surface area contributed by atoms with Gasteiger partial charge in [0.25, 0.3) is 0 Å². The van der Waals surface area contributed by atoms with Gasteiger partial charge in [0.2, 0.25) is 11.8 Å². The summed E-state index contributed by atoms with van der Waals surface area (Å²) in [6.45, 7) is 9.43. The summed E-state index contributed by atoms with van der Waals surface area (Å²) in [5.74, 6) is 2.59. The Balaban J connectivity index is 1.27. The highest BCUT2D eigenvalue weighted by molar-refractivity contribution is 5.96. The molecule has 0 spiro atoms. The quantitative estimate of drug-likeness (QED) is 0.218. The van der Waals surface area contributed by atoms with Crippen molar-refractivity contribution in [1.29, 1.82) is 5.26 Å². The molecule has 5 rings (SSSR count). The van der Waals surface area contributed by atoms with E-state index in [1.807, 2.05) is 73.5 Å². The number of pyridine rings is 1. The first-order valence-electron chi connectivity index (χ1n) is 14.3. The van der Waals surface area contributed by atoms with E-state index in [1.165, 1.54) is 0 Å². The molecule has 9 nitrogen and oxygen atoms in total. The number of aromatic nitrogens is 3. The van der Waals surface area contributed by atoms with Crippen molar-refractivity contribution in [3.05, 3.63) is 95.2 Å². The average molecular weight is 565 g/mol. The Morgan fingerprint density at radius 1 is 1.00 bits per heavy atom. The molecule has 0 unspecified atom stereocenters. The molecule has 1 saturated heterocycles. The number of para-hydroxylation sites is 2. The van der Waals surface area contributed by atoms with Crippen molar-refractivity contribution in [3.63, 3.8) is 0 Å². The van der Waals surface area contributed by atoms with Gasteiger partial charge in [0, 0.05) is 44.1 Å². The van der Waals surface area contributed by atoms with Crippen LogP contribution in [0, 0.1) is 25.2 Å². The van der Waals surface area contributed by atoms with Gasteiger partial charge in [0.15, 0.2) is 0 Å².